The fourth-order valence-electron chi connectivity index (χ4n) is 3.25. The van der Waals surface area contributed by atoms with Gasteiger partial charge >= 0.3 is 5.97 Å². The van der Waals surface area contributed by atoms with Crippen LogP contribution in [0.4, 0.5) is 11.4 Å². The van der Waals surface area contributed by atoms with E-state index in [9.17, 15) is 4.79 Å². The molecule has 4 aromatic rings. The van der Waals surface area contributed by atoms with Crippen LogP contribution in [0.3, 0.4) is 0 Å². The molecular formula is C25H22N2O3. The largest absolute Gasteiger partial charge is 0.486 e. The van der Waals surface area contributed by atoms with Gasteiger partial charge in [-0.3, -0.25) is 0 Å². The van der Waals surface area contributed by atoms with E-state index >= 15 is 0 Å². The van der Waals surface area contributed by atoms with Gasteiger partial charge in [0, 0.05) is 23.5 Å². The Morgan fingerprint density at radius 2 is 1.40 bits per heavy atom. The Morgan fingerprint density at radius 3 is 2.13 bits per heavy atom. The molecule has 0 amide bonds. The molecule has 0 aromatic heterocycles. The molecule has 0 saturated carbocycles. The van der Waals surface area contributed by atoms with Gasteiger partial charge in [0.2, 0.25) is 0 Å². The van der Waals surface area contributed by atoms with E-state index in [0.717, 1.165) is 22.1 Å². The summed E-state index contributed by atoms with van der Waals surface area (Å²) >= 11 is 0. The molecule has 0 bridgehead atoms. The number of esters is 1. The van der Waals surface area contributed by atoms with Gasteiger partial charge in [0.05, 0.1) is 5.56 Å². The van der Waals surface area contributed by atoms with Gasteiger partial charge in [0.15, 0.2) is 0 Å². The van der Waals surface area contributed by atoms with Gasteiger partial charge < -0.3 is 20.9 Å². The maximum absolute atomic E-state index is 12.5. The lowest BCUT2D eigenvalue weighted by molar-refractivity contribution is 0.0735. The molecule has 4 rings (SSSR count). The molecule has 150 valence electrons. The van der Waals surface area contributed by atoms with Crippen molar-refractivity contribution in [1.29, 1.82) is 0 Å². The molecule has 1 atom stereocenters. The highest BCUT2D eigenvalue weighted by Gasteiger charge is 2.12. The van der Waals surface area contributed by atoms with Gasteiger partial charge in [0.25, 0.3) is 0 Å². The number of benzene rings is 4. The Hall–Kier alpha value is -3.99. The van der Waals surface area contributed by atoms with Gasteiger partial charge in [-0.15, -0.1) is 0 Å². The molecule has 1 unspecified atom stereocenters. The van der Waals surface area contributed by atoms with Gasteiger partial charge in [-0.05, 0) is 65.7 Å². The molecule has 0 aliphatic carbocycles. The Labute approximate surface area is 174 Å². The third kappa shape index (κ3) is 4.36. The minimum absolute atomic E-state index is 0.149. The average Bonchev–Trinajstić information content (AvgIpc) is 2.73. The third-order valence-electron chi connectivity index (χ3n) is 4.81. The van der Waals surface area contributed by atoms with Crippen LogP contribution in [-0.4, -0.2) is 5.97 Å². The van der Waals surface area contributed by atoms with E-state index < -0.39 is 5.97 Å². The Bertz CT molecular complexity index is 1220. The molecule has 4 N–H and O–H groups in total. The third-order valence-corrected chi connectivity index (χ3v) is 4.81. The maximum atomic E-state index is 12.5. The molecule has 0 aliphatic rings. The number of carbonyl (C=O) groups excluding carboxylic acids is 1. The predicted molar refractivity (Wildman–Crippen MR) is 120 cm³/mol. The number of carbonyl (C=O) groups is 1. The van der Waals surface area contributed by atoms with E-state index in [1.807, 2.05) is 49.4 Å². The second-order valence-corrected chi connectivity index (χ2v) is 7.12. The molecule has 0 aliphatic heterocycles. The molecule has 4 aromatic carbocycles. The highest BCUT2D eigenvalue weighted by molar-refractivity contribution is 5.96. The lowest BCUT2D eigenvalue weighted by atomic mass is 10.0. The van der Waals surface area contributed by atoms with Crippen molar-refractivity contribution < 1.29 is 14.3 Å². The summed E-state index contributed by atoms with van der Waals surface area (Å²) in [6.45, 7) is 1.99. The summed E-state index contributed by atoms with van der Waals surface area (Å²) in [5.74, 6) is 0.718. The summed E-state index contributed by atoms with van der Waals surface area (Å²) in [6, 6.07) is 25.7. The SMILES string of the molecule is CC(Oc1cccc(N)c1)c1ccc2cc(C(=O)Oc3cccc(N)c3)ccc2c1. The van der Waals surface area contributed by atoms with Crippen molar-refractivity contribution in [2.45, 2.75) is 13.0 Å². The van der Waals surface area contributed by atoms with Crippen LogP contribution in [0.15, 0.2) is 84.9 Å². The number of rotatable bonds is 5. The first kappa shape index (κ1) is 19.3. The average molecular weight is 398 g/mol. The molecule has 0 spiro atoms. The van der Waals surface area contributed by atoms with Crippen LogP contribution in [0, 0.1) is 0 Å². The van der Waals surface area contributed by atoms with Gasteiger partial charge in [-0.25, -0.2) is 4.79 Å². The number of ether oxygens (including phenoxy) is 2. The van der Waals surface area contributed by atoms with Crippen LogP contribution >= 0.6 is 0 Å². The summed E-state index contributed by atoms with van der Waals surface area (Å²) in [5.41, 5.74) is 14.3. The number of nitrogens with two attached hydrogens (primary N) is 2. The monoisotopic (exact) mass is 398 g/mol. The van der Waals surface area contributed by atoms with E-state index in [0.29, 0.717) is 22.7 Å². The fraction of sp³-hybridized carbons (Fsp3) is 0.0800. The summed E-state index contributed by atoms with van der Waals surface area (Å²) in [4.78, 5) is 12.5. The Morgan fingerprint density at radius 1 is 0.767 bits per heavy atom. The molecule has 0 heterocycles. The van der Waals surface area contributed by atoms with Crippen LogP contribution in [0.2, 0.25) is 0 Å². The van der Waals surface area contributed by atoms with E-state index in [2.05, 4.69) is 6.07 Å². The summed E-state index contributed by atoms with van der Waals surface area (Å²) in [5, 5.41) is 1.95. The van der Waals surface area contributed by atoms with Crippen LogP contribution in [0.5, 0.6) is 11.5 Å². The van der Waals surface area contributed by atoms with Crippen LogP contribution in [0.1, 0.15) is 28.9 Å². The van der Waals surface area contributed by atoms with Crippen molar-refractivity contribution in [3.63, 3.8) is 0 Å². The molecule has 0 radical (unpaired) electrons. The molecular weight excluding hydrogens is 376 g/mol. The van der Waals surface area contributed by atoms with Gasteiger partial charge in [0.1, 0.15) is 17.6 Å². The predicted octanol–water partition coefficient (Wildman–Crippen LogP) is 5.36. The number of anilines is 2. The summed E-state index contributed by atoms with van der Waals surface area (Å²) in [7, 11) is 0. The zero-order valence-corrected chi connectivity index (χ0v) is 16.5. The fourth-order valence-corrected chi connectivity index (χ4v) is 3.25. The topological polar surface area (TPSA) is 87.6 Å². The molecule has 5 nitrogen and oxygen atoms in total. The van der Waals surface area contributed by atoms with Crippen molar-refractivity contribution >= 4 is 28.1 Å². The van der Waals surface area contributed by atoms with Crippen molar-refractivity contribution in [3.05, 3.63) is 96.1 Å². The first-order valence-electron chi connectivity index (χ1n) is 9.61. The number of hydrogen-bond acceptors (Lipinski definition) is 5. The van der Waals surface area contributed by atoms with E-state index in [4.69, 9.17) is 20.9 Å². The van der Waals surface area contributed by atoms with Crippen molar-refractivity contribution in [2.24, 2.45) is 0 Å². The normalized spacial score (nSPS) is 11.8. The van der Waals surface area contributed by atoms with E-state index in [1.54, 1.807) is 36.4 Å². The molecule has 0 fully saturated rings. The van der Waals surface area contributed by atoms with Crippen LogP contribution in [0.25, 0.3) is 10.8 Å². The van der Waals surface area contributed by atoms with Gasteiger partial charge in [-0.2, -0.15) is 0 Å². The quantitative estimate of drug-likeness (QED) is 0.268. The molecule has 30 heavy (non-hydrogen) atoms. The number of hydrogen-bond donors (Lipinski definition) is 2. The standard InChI is InChI=1S/C25H22N2O3/c1-16(29-23-6-2-4-21(26)14-23)17-8-9-19-13-20(11-10-18(19)12-17)25(28)30-24-7-3-5-22(27)15-24/h2-16H,26-27H2,1H3. The summed E-state index contributed by atoms with van der Waals surface area (Å²) < 4.78 is 11.4. The Kier molecular flexibility index (Phi) is 5.26. The zero-order valence-electron chi connectivity index (χ0n) is 16.5. The number of nitrogen functional groups attached to an aromatic ring is 2. The maximum Gasteiger partial charge on any atom is 0.343 e. The first-order valence-corrected chi connectivity index (χ1v) is 9.61. The van der Waals surface area contributed by atoms with Crippen LogP contribution in [-0.2, 0) is 0 Å². The first-order chi connectivity index (χ1) is 14.5. The van der Waals surface area contributed by atoms with Gasteiger partial charge in [-0.1, -0.05) is 30.3 Å². The second-order valence-electron chi connectivity index (χ2n) is 7.12. The zero-order chi connectivity index (χ0) is 21.1. The second kappa shape index (κ2) is 8.17. The smallest absolute Gasteiger partial charge is 0.343 e. The van der Waals surface area contributed by atoms with Crippen molar-refractivity contribution in [3.8, 4) is 11.5 Å². The van der Waals surface area contributed by atoms with E-state index in [1.165, 1.54) is 0 Å². The minimum Gasteiger partial charge on any atom is -0.486 e. The van der Waals surface area contributed by atoms with Crippen LogP contribution < -0.4 is 20.9 Å². The lowest BCUT2D eigenvalue weighted by Crippen LogP contribution is -2.08. The lowest BCUT2D eigenvalue weighted by Gasteiger charge is -2.16. The highest BCUT2D eigenvalue weighted by atomic mass is 16.5. The van der Waals surface area contributed by atoms with Crippen molar-refractivity contribution in [2.75, 3.05) is 11.5 Å². The van der Waals surface area contributed by atoms with E-state index in [-0.39, 0.29) is 6.10 Å². The number of fused-ring (bicyclic) bond motifs is 1. The summed E-state index contributed by atoms with van der Waals surface area (Å²) in [6.07, 6.45) is -0.149. The minimum atomic E-state index is -0.426. The van der Waals surface area contributed by atoms with Crippen molar-refractivity contribution in [1.82, 2.24) is 0 Å². The molecule has 5 heteroatoms. The molecule has 0 saturated heterocycles. The highest BCUT2D eigenvalue weighted by Crippen LogP contribution is 2.27. The Balaban J connectivity index is 1.52.